The number of hydrogen-bond acceptors (Lipinski definition) is 4. The fourth-order valence-electron chi connectivity index (χ4n) is 2.87. The SMILES string of the molecule is N#Cc1ccc(C(F)(F)F)nc1N1CCCCC1c1ccn[nH]1. The predicted molar refractivity (Wildman–Crippen MR) is 76.5 cm³/mol. The number of aromatic amines is 1. The highest BCUT2D eigenvalue weighted by molar-refractivity contribution is 5.56. The summed E-state index contributed by atoms with van der Waals surface area (Å²) in [6.07, 6.45) is -0.367. The number of rotatable bonds is 2. The van der Waals surface area contributed by atoms with Crippen LogP contribution in [0, 0.1) is 11.3 Å². The second-order valence-corrected chi connectivity index (χ2v) is 5.39. The van der Waals surface area contributed by atoms with E-state index in [-0.39, 0.29) is 17.4 Å². The fraction of sp³-hybridized carbons (Fsp3) is 0.400. The summed E-state index contributed by atoms with van der Waals surface area (Å²) in [5, 5.41) is 16.0. The topological polar surface area (TPSA) is 68.6 Å². The van der Waals surface area contributed by atoms with Crippen LogP contribution in [0.5, 0.6) is 0 Å². The number of hydrogen-bond donors (Lipinski definition) is 1. The van der Waals surface area contributed by atoms with E-state index in [9.17, 15) is 18.4 Å². The molecule has 3 rings (SSSR count). The van der Waals surface area contributed by atoms with E-state index in [2.05, 4.69) is 15.2 Å². The van der Waals surface area contributed by atoms with E-state index in [4.69, 9.17) is 0 Å². The average molecular weight is 321 g/mol. The first-order valence-electron chi connectivity index (χ1n) is 7.25. The van der Waals surface area contributed by atoms with Crippen LogP contribution in [0.4, 0.5) is 19.0 Å². The van der Waals surface area contributed by atoms with Crippen LogP contribution < -0.4 is 4.90 Å². The summed E-state index contributed by atoms with van der Waals surface area (Å²) in [7, 11) is 0. The molecule has 0 bridgehead atoms. The summed E-state index contributed by atoms with van der Waals surface area (Å²) in [6, 6.07) is 5.61. The van der Waals surface area contributed by atoms with Gasteiger partial charge in [-0.1, -0.05) is 0 Å². The number of pyridine rings is 1. The molecule has 0 spiro atoms. The molecule has 1 unspecified atom stereocenters. The number of aromatic nitrogens is 3. The number of nitriles is 1. The fourth-order valence-corrected chi connectivity index (χ4v) is 2.87. The first-order valence-corrected chi connectivity index (χ1v) is 7.25. The minimum atomic E-state index is -4.54. The summed E-state index contributed by atoms with van der Waals surface area (Å²) in [6.45, 7) is 0.548. The van der Waals surface area contributed by atoms with E-state index in [0.717, 1.165) is 31.0 Å². The third-order valence-electron chi connectivity index (χ3n) is 3.94. The van der Waals surface area contributed by atoms with Crippen LogP contribution >= 0.6 is 0 Å². The number of nitrogens with zero attached hydrogens (tertiary/aromatic N) is 4. The largest absolute Gasteiger partial charge is 0.433 e. The van der Waals surface area contributed by atoms with Gasteiger partial charge in [-0.25, -0.2) is 4.98 Å². The van der Waals surface area contributed by atoms with Crippen molar-refractivity contribution in [2.45, 2.75) is 31.5 Å². The minimum Gasteiger partial charge on any atom is -0.347 e. The van der Waals surface area contributed by atoms with Crippen molar-refractivity contribution < 1.29 is 13.2 Å². The molecule has 23 heavy (non-hydrogen) atoms. The van der Waals surface area contributed by atoms with Gasteiger partial charge in [0.1, 0.15) is 17.6 Å². The second-order valence-electron chi connectivity index (χ2n) is 5.39. The Morgan fingerprint density at radius 3 is 2.74 bits per heavy atom. The Hall–Kier alpha value is -2.56. The van der Waals surface area contributed by atoms with Gasteiger partial charge in [0.2, 0.25) is 0 Å². The highest BCUT2D eigenvalue weighted by Crippen LogP contribution is 2.36. The van der Waals surface area contributed by atoms with Gasteiger partial charge in [0.15, 0.2) is 0 Å². The zero-order chi connectivity index (χ0) is 16.4. The standard InChI is InChI=1S/C15H14F3N5/c16-15(17,18)13-5-4-10(9-19)14(21-13)23-8-2-1-3-12(23)11-6-7-20-22-11/h4-7,12H,1-3,8H2,(H,20,22). The van der Waals surface area contributed by atoms with Gasteiger partial charge in [0, 0.05) is 12.7 Å². The lowest BCUT2D eigenvalue weighted by Crippen LogP contribution is -2.35. The number of nitrogens with one attached hydrogen (secondary N) is 1. The van der Waals surface area contributed by atoms with Crippen molar-refractivity contribution >= 4 is 5.82 Å². The quantitative estimate of drug-likeness (QED) is 0.920. The van der Waals surface area contributed by atoms with Crippen LogP contribution in [-0.4, -0.2) is 21.7 Å². The molecule has 120 valence electrons. The zero-order valence-corrected chi connectivity index (χ0v) is 12.1. The summed E-state index contributed by atoms with van der Waals surface area (Å²) in [5.41, 5.74) is -0.0300. The summed E-state index contributed by atoms with van der Waals surface area (Å²) < 4.78 is 38.9. The van der Waals surface area contributed by atoms with Crippen molar-refractivity contribution in [3.05, 3.63) is 41.3 Å². The van der Waals surface area contributed by atoms with Gasteiger partial charge in [0.05, 0.1) is 17.3 Å². The predicted octanol–water partition coefficient (Wildman–Crippen LogP) is 3.43. The zero-order valence-electron chi connectivity index (χ0n) is 12.1. The maximum Gasteiger partial charge on any atom is 0.433 e. The van der Waals surface area contributed by atoms with Crippen LogP contribution in [0.15, 0.2) is 24.4 Å². The molecule has 1 atom stereocenters. The Kier molecular flexibility index (Phi) is 3.94. The third-order valence-corrected chi connectivity index (χ3v) is 3.94. The molecule has 0 aromatic carbocycles. The van der Waals surface area contributed by atoms with Crippen molar-refractivity contribution in [1.29, 1.82) is 5.26 Å². The molecule has 1 aliphatic heterocycles. The second kappa shape index (κ2) is 5.91. The van der Waals surface area contributed by atoms with Gasteiger partial charge in [0.25, 0.3) is 0 Å². The highest BCUT2D eigenvalue weighted by Gasteiger charge is 2.35. The summed E-state index contributed by atoms with van der Waals surface area (Å²) in [5.74, 6) is 0.0848. The molecule has 1 aliphatic rings. The molecular weight excluding hydrogens is 307 g/mol. The maximum absolute atomic E-state index is 13.0. The van der Waals surface area contributed by atoms with Gasteiger partial charge in [-0.15, -0.1) is 0 Å². The maximum atomic E-state index is 13.0. The Morgan fingerprint density at radius 2 is 2.09 bits per heavy atom. The van der Waals surface area contributed by atoms with Crippen molar-refractivity contribution in [1.82, 2.24) is 15.2 Å². The minimum absolute atomic E-state index is 0.0848. The molecule has 3 heterocycles. The first-order chi connectivity index (χ1) is 11.0. The van der Waals surface area contributed by atoms with Gasteiger partial charge in [-0.05, 0) is 37.5 Å². The molecule has 8 heteroatoms. The molecule has 0 radical (unpaired) electrons. The van der Waals surface area contributed by atoms with Crippen LogP contribution in [0.25, 0.3) is 0 Å². The van der Waals surface area contributed by atoms with E-state index < -0.39 is 11.9 Å². The lowest BCUT2D eigenvalue weighted by Gasteiger charge is -2.36. The third kappa shape index (κ3) is 2.99. The van der Waals surface area contributed by atoms with E-state index in [1.165, 1.54) is 6.07 Å². The molecule has 0 amide bonds. The lowest BCUT2D eigenvalue weighted by atomic mass is 9.98. The normalized spacial score (nSPS) is 18.7. The van der Waals surface area contributed by atoms with E-state index in [1.54, 1.807) is 17.2 Å². The molecule has 2 aromatic heterocycles. The number of H-pyrrole nitrogens is 1. The van der Waals surface area contributed by atoms with Gasteiger partial charge >= 0.3 is 6.18 Å². The molecule has 1 N–H and O–H groups in total. The van der Waals surface area contributed by atoms with Gasteiger partial charge in [-0.2, -0.15) is 23.5 Å². The van der Waals surface area contributed by atoms with Crippen molar-refractivity contribution in [2.24, 2.45) is 0 Å². The number of alkyl halides is 3. The van der Waals surface area contributed by atoms with Crippen molar-refractivity contribution in [3.63, 3.8) is 0 Å². The lowest BCUT2D eigenvalue weighted by molar-refractivity contribution is -0.141. The molecule has 2 aromatic rings. The molecule has 5 nitrogen and oxygen atoms in total. The molecular formula is C15H14F3N5. The van der Waals surface area contributed by atoms with Gasteiger partial charge in [-0.3, -0.25) is 5.10 Å². The van der Waals surface area contributed by atoms with E-state index in [1.807, 2.05) is 6.07 Å². The highest BCUT2D eigenvalue weighted by atomic mass is 19.4. The van der Waals surface area contributed by atoms with E-state index in [0.29, 0.717) is 6.54 Å². The number of piperidine rings is 1. The van der Waals surface area contributed by atoms with Gasteiger partial charge < -0.3 is 4.90 Å². The Labute approximate surface area is 130 Å². The Balaban J connectivity index is 2.06. The molecule has 1 saturated heterocycles. The van der Waals surface area contributed by atoms with Crippen molar-refractivity contribution in [3.8, 4) is 6.07 Å². The average Bonchev–Trinajstić information content (AvgIpc) is 3.07. The Morgan fingerprint density at radius 1 is 1.26 bits per heavy atom. The number of anilines is 1. The molecule has 0 aliphatic carbocycles. The number of halogens is 3. The van der Waals surface area contributed by atoms with Crippen LogP contribution in [0.2, 0.25) is 0 Å². The monoisotopic (exact) mass is 321 g/mol. The van der Waals surface area contributed by atoms with Crippen molar-refractivity contribution in [2.75, 3.05) is 11.4 Å². The molecule has 0 saturated carbocycles. The molecule has 1 fully saturated rings. The van der Waals surface area contributed by atoms with Crippen LogP contribution in [-0.2, 0) is 6.18 Å². The Bertz CT molecular complexity index is 718. The van der Waals surface area contributed by atoms with E-state index >= 15 is 0 Å². The summed E-state index contributed by atoms with van der Waals surface area (Å²) >= 11 is 0. The smallest absolute Gasteiger partial charge is 0.347 e. The van der Waals surface area contributed by atoms with Crippen LogP contribution in [0.1, 0.15) is 42.3 Å². The summed E-state index contributed by atoms with van der Waals surface area (Å²) in [4.78, 5) is 5.51. The first kappa shape index (κ1) is 15.3. The van der Waals surface area contributed by atoms with Crippen LogP contribution in [0.3, 0.4) is 0 Å².